The van der Waals surface area contributed by atoms with E-state index in [2.05, 4.69) is 223 Å². The minimum atomic E-state index is 0.127. The maximum absolute atomic E-state index is 5.09. The maximum Gasteiger partial charge on any atom is 0.145 e. The van der Waals surface area contributed by atoms with Crippen LogP contribution >= 0.6 is 0 Å². The highest BCUT2D eigenvalue weighted by atomic mass is 15.1. The van der Waals surface area contributed by atoms with Gasteiger partial charge in [-0.05, 0) is 144 Å². The van der Waals surface area contributed by atoms with Gasteiger partial charge in [0.25, 0.3) is 0 Å². The zero-order chi connectivity index (χ0) is 42.2. The van der Waals surface area contributed by atoms with Crippen molar-refractivity contribution < 1.29 is 0 Å². The lowest BCUT2D eigenvalue weighted by atomic mass is 9.76. The average molecular weight is 817 g/mol. The Morgan fingerprint density at radius 3 is 1.52 bits per heavy atom. The number of aromatic nitrogens is 2. The van der Waals surface area contributed by atoms with Crippen molar-refractivity contribution in [3.63, 3.8) is 0 Å². The number of hydrogen-bond donors (Lipinski definition) is 0. The lowest BCUT2D eigenvalue weighted by molar-refractivity contribution is 0.550. The average Bonchev–Trinajstić information content (AvgIpc) is 4.09. The Kier molecular flexibility index (Phi) is 8.42. The second-order valence-electron chi connectivity index (χ2n) is 17.8. The molecule has 1 aromatic heterocycles. The second kappa shape index (κ2) is 14.6. The highest BCUT2D eigenvalue weighted by molar-refractivity contribution is 6.22. The van der Waals surface area contributed by atoms with Gasteiger partial charge < -0.3 is 0 Å². The Labute approximate surface area is 373 Å². The third kappa shape index (κ3) is 5.69. The SMILES string of the molecule is c1ccc(-c2c3ccc(-c4ccc5c(c4)C4(CCCC4)c4ccccc4-5)cc3c(-c3ccccc3)c3ccc(-c4ccc(-n5c(-c6ccccc6)nc6ccccc65)cc4)cc23)cc1. The van der Waals surface area contributed by atoms with Gasteiger partial charge in [-0.25, -0.2) is 4.98 Å². The number of benzene rings is 10. The van der Waals surface area contributed by atoms with Crippen LogP contribution in [0.1, 0.15) is 36.8 Å². The molecule has 0 bridgehead atoms. The number of nitrogens with zero attached hydrogens (tertiary/aromatic N) is 2. The van der Waals surface area contributed by atoms with Gasteiger partial charge in [-0.15, -0.1) is 0 Å². The lowest BCUT2D eigenvalue weighted by Gasteiger charge is -2.27. The quantitative estimate of drug-likeness (QED) is 0.153. The largest absolute Gasteiger partial charge is 0.292 e. The molecule has 11 aromatic rings. The minimum Gasteiger partial charge on any atom is -0.292 e. The standard InChI is InChI=1S/C62H44N2/c1-4-16-42(17-5-1)59-52-35-30-46(47-28-33-50-49-22-10-11-23-55(49)62(56(50)40-47)36-14-15-37-62)39-54(52)60(43-18-6-2-7-19-43)51-34-29-45(38-53(51)59)41-26-31-48(32-27-41)64-58-25-13-12-24-57(58)63-61(64)44-20-8-3-9-21-44/h1-13,16-35,38-40H,14-15,36-37H2. The van der Waals surface area contributed by atoms with Gasteiger partial charge >= 0.3 is 0 Å². The van der Waals surface area contributed by atoms with E-state index in [1.54, 1.807) is 0 Å². The first kappa shape index (κ1) is 36.8. The first-order valence-corrected chi connectivity index (χ1v) is 22.7. The second-order valence-corrected chi connectivity index (χ2v) is 17.8. The lowest BCUT2D eigenvalue weighted by Crippen LogP contribution is -2.20. The highest BCUT2D eigenvalue weighted by Crippen LogP contribution is 2.57. The van der Waals surface area contributed by atoms with Gasteiger partial charge in [0.15, 0.2) is 0 Å². The van der Waals surface area contributed by atoms with Crippen molar-refractivity contribution in [2.45, 2.75) is 31.1 Å². The van der Waals surface area contributed by atoms with Crippen molar-refractivity contribution in [3.8, 4) is 72.7 Å². The fourth-order valence-electron chi connectivity index (χ4n) is 11.4. The van der Waals surface area contributed by atoms with Crippen LogP contribution in [-0.2, 0) is 5.41 Å². The van der Waals surface area contributed by atoms with Gasteiger partial charge in [0.05, 0.1) is 11.0 Å². The number of para-hydroxylation sites is 2. The predicted molar refractivity (Wildman–Crippen MR) is 268 cm³/mol. The number of fused-ring (bicyclic) bond motifs is 8. The molecule has 1 spiro atoms. The summed E-state index contributed by atoms with van der Waals surface area (Å²) in [6.45, 7) is 0. The van der Waals surface area contributed by atoms with E-state index < -0.39 is 0 Å². The van der Waals surface area contributed by atoms with Crippen LogP contribution in [0.5, 0.6) is 0 Å². The normalized spacial score (nSPS) is 13.8. The number of hydrogen-bond acceptors (Lipinski definition) is 1. The molecule has 0 unspecified atom stereocenters. The van der Waals surface area contributed by atoms with E-state index in [0.29, 0.717) is 0 Å². The molecule has 13 rings (SSSR count). The van der Waals surface area contributed by atoms with Crippen molar-refractivity contribution in [1.29, 1.82) is 0 Å². The molecule has 1 saturated carbocycles. The molecule has 64 heavy (non-hydrogen) atoms. The summed E-state index contributed by atoms with van der Waals surface area (Å²) in [4.78, 5) is 5.09. The molecule has 2 aliphatic rings. The van der Waals surface area contributed by atoms with Crippen LogP contribution in [0.2, 0.25) is 0 Å². The summed E-state index contributed by atoms with van der Waals surface area (Å²) >= 11 is 0. The Hall–Kier alpha value is -7.81. The van der Waals surface area contributed by atoms with Gasteiger partial charge in [0.1, 0.15) is 5.82 Å². The molecule has 10 aromatic carbocycles. The molecule has 302 valence electrons. The number of rotatable bonds is 6. The summed E-state index contributed by atoms with van der Waals surface area (Å²) in [6, 6.07) is 80.7. The Morgan fingerprint density at radius 1 is 0.359 bits per heavy atom. The van der Waals surface area contributed by atoms with Crippen molar-refractivity contribution in [3.05, 3.63) is 230 Å². The molecule has 2 aliphatic carbocycles. The summed E-state index contributed by atoms with van der Waals surface area (Å²) in [5.41, 5.74) is 20.2. The van der Waals surface area contributed by atoms with Crippen molar-refractivity contribution in [1.82, 2.24) is 9.55 Å². The summed E-state index contributed by atoms with van der Waals surface area (Å²) in [5, 5.41) is 5.03. The van der Waals surface area contributed by atoms with Crippen LogP contribution in [0.15, 0.2) is 218 Å². The molecule has 0 amide bonds. The summed E-state index contributed by atoms with van der Waals surface area (Å²) in [6.07, 6.45) is 5.03. The zero-order valence-corrected chi connectivity index (χ0v) is 35.5. The minimum absolute atomic E-state index is 0.127. The van der Waals surface area contributed by atoms with Gasteiger partial charge in [0, 0.05) is 16.7 Å². The highest BCUT2D eigenvalue weighted by Gasteiger charge is 2.44. The summed E-state index contributed by atoms with van der Waals surface area (Å²) < 4.78 is 2.28. The molecule has 1 fully saturated rings. The fourth-order valence-corrected chi connectivity index (χ4v) is 11.4. The van der Waals surface area contributed by atoms with Crippen molar-refractivity contribution in [2.24, 2.45) is 0 Å². The first-order chi connectivity index (χ1) is 31.7. The van der Waals surface area contributed by atoms with Crippen LogP contribution in [0, 0.1) is 0 Å². The van der Waals surface area contributed by atoms with E-state index in [9.17, 15) is 0 Å². The molecule has 0 atom stereocenters. The maximum atomic E-state index is 5.09. The monoisotopic (exact) mass is 816 g/mol. The molecule has 0 aliphatic heterocycles. The van der Waals surface area contributed by atoms with Gasteiger partial charge in [-0.1, -0.05) is 189 Å². The predicted octanol–water partition coefficient (Wildman–Crippen LogP) is 16.5. The van der Waals surface area contributed by atoms with Crippen LogP contribution in [-0.4, -0.2) is 9.55 Å². The molecule has 0 saturated heterocycles. The van der Waals surface area contributed by atoms with Gasteiger partial charge in [-0.3, -0.25) is 4.57 Å². The molecular formula is C62H44N2. The Balaban J connectivity index is 0.988. The molecule has 0 radical (unpaired) electrons. The van der Waals surface area contributed by atoms with Crippen LogP contribution < -0.4 is 0 Å². The zero-order valence-electron chi connectivity index (χ0n) is 35.5. The van der Waals surface area contributed by atoms with Crippen molar-refractivity contribution in [2.75, 3.05) is 0 Å². The smallest absolute Gasteiger partial charge is 0.145 e. The topological polar surface area (TPSA) is 17.8 Å². The third-order valence-electron chi connectivity index (χ3n) is 14.4. The Bertz CT molecular complexity index is 3580. The van der Waals surface area contributed by atoms with E-state index >= 15 is 0 Å². The fraction of sp³-hybridized carbons (Fsp3) is 0.0806. The van der Waals surface area contributed by atoms with E-state index in [1.807, 2.05) is 0 Å². The van der Waals surface area contributed by atoms with E-state index in [1.165, 1.54) is 114 Å². The molecular weight excluding hydrogens is 773 g/mol. The van der Waals surface area contributed by atoms with Crippen molar-refractivity contribution >= 4 is 32.6 Å². The van der Waals surface area contributed by atoms with Crippen LogP contribution in [0.3, 0.4) is 0 Å². The van der Waals surface area contributed by atoms with Gasteiger partial charge in [-0.2, -0.15) is 0 Å². The van der Waals surface area contributed by atoms with Crippen LogP contribution in [0.25, 0.3) is 105 Å². The Morgan fingerprint density at radius 2 is 0.859 bits per heavy atom. The van der Waals surface area contributed by atoms with E-state index in [4.69, 9.17) is 4.98 Å². The summed E-state index contributed by atoms with van der Waals surface area (Å²) in [5.74, 6) is 0.940. The molecule has 1 heterocycles. The first-order valence-electron chi connectivity index (χ1n) is 22.7. The molecule has 2 nitrogen and oxygen atoms in total. The van der Waals surface area contributed by atoms with E-state index in [-0.39, 0.29) is 5.41 Å². The third-order valence-corrected chi connectivity index (χ3v) is 14.4. The summed E-state index contributed by atoms with van der Waals surface area (Å²) in [7, 11) is 0. The number of imidazole rings is 1. The van der Waals surface area contributed by atoms with E-state index in [0.717, 1.165) is 28.1 Å². The van der Waals surface area contributed by atoms with Crippen LogP contribution in [0.4, 0.5) is 0 Å². The molecule has 0 N–H and O–H groups in total. The molecule has 2 heteroatoms. The van der Waals surface area contributed by atoms with Gasteiger partial charge in [0.2, 0.25) is 0 Å².